The van der Waals surface area contributed by atoms with E-state index in [4.69, 9.17) is 0 Å². The summed E-state index contributed by atoms with van der Waals surface area (Å²) in [6, 6.07) is 13.1. The molecule has 0 saturated carbocycles. The fraction of sp³-hybridized carbons (Fsp3) is 0.0435. The lowest BCUT2D eigenvalue weighted by molar-refractivity contribution is 0.218. The second kappa shape index (κ2) is 6.16. The van der Waals surface area contributed by atoms with E-state index < -0.39 is 29.1 Å². The Morgan fingerprint density at radius 2 is 1.72 bits per heavy atom. The standard InChI is InChI=1S/C23H11F3N2O/c24-15-10-16(25)21(26)20-18(15)13(7-8-27)19(23(20)29)17-11-4-1-2-5-12(11)22-14(17)6-3-9-28-22/h1-7,9-10,23,29H/b13-7?,19-17-. The SMILES string of the molecule is N#CC=C1/C(=C2\c3ccccc3-c3ncccc32)C(O)c2c(F)c(F)cc(F)c21. The molecule has 1 aromatic heterocycles. The molecule has 0 amide bonds. The first-order valence-corrected chi connectivity index (χ1v) is 8.80. The molecule has 140 valence electrons. The van der Waals surface area contributed by atoms with Crippen molar-refractivity contribution in [3.8, 4) is 17.3 Å². The molecular formula is C23H11F3N2O. The summed E-state index contributed by atoms with van der Waals surface area (Å²) in [4.78, 5) is 4.41. The second-order valence-electron chi connectivity index (χ2n) is 6.77. The number of hydrogen-bond acceptors (Lipinski definition) is 3. The maximum atomic E-state index is 14.6. The number of aliphatic hydroxyl groups excluding tert-OH is 1. The van der Waals surface area contributed by atoms with Gasteiger partial charge in [-0.2, -0.15) is 5.26 Å². The highest BCUT2D eigenvalue weighted by molar-refractivity contribution is 6.08. The molecule has 0 bridgehead atoms. The van der Waals surface area contributed by atoms with Gasteiger partial charge in [0.15, 0.2) is 11.6 Å². The molecule has 0 radical (unpaired) electrons. The van der Waals surface area contributed by atoms with Crippen molar-refractivity contribution >= 4 is 11.1 Å². The lowest BCUT2D eigenvalue weighted by Crippen LogP contribution is -2.03. The van der Waals surface area contributed by atoms with E-state index in [2.05, 4.69) is 4.98 Å². The van der Waals surface area contributed by atoms with E-state index in [1.165, 1.54) is 0 Å². The highest BCUT2D eigenvalue weighted by Crippen LogP contribution is 2.54. The number of rotatable bonds is 0. The zero-order valence-electron chi connectivity index (χ0n) is 14.7. The quantitative estimate of drug-likeness (QED) is 0.343. The van der Waals surface area contributed by atoms with Crippen LogP contribution in [0.5, 0.6) is 0 Å². The number of aromatic nitrogens is 1. The van der Waals surface area contributed by atoms with Crippen LogP contribution >= 0.6 is 0 Å². The number of fused-ring (bicyclic) bond motifs is 4. The monoisotopic (exact) mass is 388 g/mol. The number of nitrogens with zero attached hydrogens (tertiary/aromatic N) is 2. The summed E-state index contributed by atoms with van der Waals surface area (Å²) in [7, 11) is 0. The Morgan fingerprint density at radius 3 is 2.48 bits per heavy atom. The van der Waals surface area contributed by atoms with Crippen molar-refractivity contribution in [1.82, 2.24) is 4.98 Å². The van der Waals surface area contributed by atoms with Crippen molar-refractivity contribution in [2.75, 3.05) is 0 Å². The van der Waals surface area contributed by atoms with Gasteiger partial charge in [0, 0.05) is 51.7 Å². The summed E-state index contributed by atoms with van der Waals surface area (Å²) >= 11 is 0. The minimum absolute atomic E-state index is 0.0351. The fourth-order valence-corrected chi connectivity index (χ4v) is 4.22. The first kappa shape index (κ1) is 17.4. The van der Waals surface area contributed by atoms with Gasteiger partial charge >= 0.3 is 0 Å². The van der Waals surface area contributed by atoms with Gasteiger partial charge in [0.25, 0.3) is 0 Å². The van der Waals surface area contributed by atoms with E-state index in [9.17, 15) is 23.5 Å². The zero-order valence-corrected chi connectivity index (χ0v) is 14.7. The first-order valence-electron chi connectivity index (χ1n) is 8.80. The molecule has 3 aromatic rings. The topological polar surface area (TPSA) is 56.9 Å². The van der Waals surface area contributed by atoms with Crippen molar-refractivity contribution in [3.63, 3.8) is 0 Å². The van der Waals surface area contributed by atoms with E-state index >= 15 is 0 Å². The molecule has 1 N–H and O–H groups in total. The van der Waals surface area contributed by atoms with Crippen molar-refractivity contribution in [2.24, 2.45) is 0 Å². The van der Waals surface area contributed by atoms with E-state index in [-0.39, 0.29) is 16.7 Å². The maximum Gasteiger partial charge on any atom is 0.165 e. The van der Waals surface area contributed by atoms with Crippen molar-refractivity contribution in [1.29, 1.82) is 5.26 Å². The average Bonchev–Trinajstić information content (AvgIpc) is 3.19. The van der Waals surface area contributed by atoms with E-state index in [1.807, 2.05) is 24.3 Å². The van der Waals surface area contributed by atoms with E-state index in [0.29, 0.717) is 28.5 Å². The van der Waals surface area contributed by atoms with Crippen molar-refractivity contribution < 1.29 is 18.3 Å². The van der Waals surface area contributed by atoms with Crippen molar-refractivity contribution in [2.45, 2.75) is 6.10 Å². The van der Waals surface area contributed by atoms with Gasteiger partial charge in [0.2, 0.25) is 0 Å². The zero-order chi connectivity index (χ0) is 20.3. The van der Waals surface area contributed by atoms with Crippen LogP contribution in [0.2, 0.25) is 0 Å². The van der Waals surface area contributed by atoms with Crippen LogP contribution in [0.1, 0.15) is 28.4 Å². The van der Waals surface area contributed by atoms with Gasteiger partial charge in [-0.15, -0.1) is 0 Å². The Labute approximate surface area is 163 Å². The number of hydrogen-bond donors (Lipinski definition) is 1. The van der Waals surface area contributed by atoms with Crippen LogP contribution in [0.15, 0.2) is 60.3 Å². The molecule has 0 spiro atoms. The van der Waals surface area contributed by atoms with Crippen LogP contribution in [-0.4, -0.2) is 10.1 Å². The average molecular weight is 388 g/mol. The summed E-state index contributed by atoms with van der Waals surface area (Å²) in [5, 5.41) is 20.2. The molecule has 1 heterocycles. The molecule has 1 unspecified atom stereocenters. The van der Waals surface area contributed by atoms with E-state index in [1.54, 1.807) is 24.4 Å². The van der Waals surface area contributed by atoms with Gasteiger partial charge in [-0.25, -0.2) is 13.2 Å². The Hall–Kier alpha value is -3.69. The van der Waals surface area contributed by atoms with Gasteiger partial charge in [0.1, 0.15) is 11.9 Å². The third-order valence-corrected chi connectivity index (χ3v) is 5.32. The minimum atomic E-state index is -1.64. The van der Waals surface area contributed by atoms with Crippen LogP contribution in [0.3, 0.4) is 0 Å². The van der Waals surface area contributed by atoms with Crippen LogP contribution in [0.4, 0.5) is 13.2 Å². The minimum Gasteiger partial charge on any atom is -0.383 e. The third-order valence-electron chi connectivity index (χ3n) is 5.32. The molecular weight excluding hydrogens is 377 g/mol. The van der Waals surface area contributed by atoms with Crippen LogP contribution in [-0.2, 0) is 0 Å². The molecule has 29 heavy (non-hydrogen) atoms. The Morgan fingerprint density at radius 1 is 1.00 bits per heavy atom. The predicted octanol–water partition coefficient (Wildman–Crippen LogP) is 4.94. The molecule has 0 saturated heterocycles. The predicted molar refractivity (Wildman–Crippen MR) is 101 cm³/mol. The van der Waals surface area contributed by atoms with Gasteiger partial charge < -0.3 is 5.11 Å². The number of pyridine rings is 1. The number of allylic oxidation sites excluding steroid dienone is 1. The van der Waals surface area contributed by atoms with Gasteiger partial charge in [-0.3, -0.25) is 4.98 Å². The summed E-state index contributed by atoms with van der Waals surface area (Å²) < 4.78 is 43.0. The smallest absolute Gasteiger partial charge is 0.165 e. The van der Waals surface area contributed by atoms with Crippen LogP contribution < -0.4 is 0 Å². The van der Waals surface area contributed by atoms with Gasteiger partial charge in [-0.05, 0) is 17.2 Å². The summed E-state index contributed by atoms with van der Waals surface area (Å²) in [5.74, 6) is -3.75. The summed E-state index contributed by atoms with van der Waals surface area (Å²) in [5.41, 5.74) is 2.77. The summed E-state index contributed by atoms with van der Waals surface area (Å²) in [6.45, 7) is 0. The van der Waals surface area contributed by atoms with Gasteiger partial charge in [0.05, 0.1) is 11.8 Å². The van der Waals surface area contributed by atoms with Crippen LogP contribution in [0, 0.1) is 28.8 Å². The number of aliphatic hydroxyl groups is 1. The molecule has 6 heteroatoms. The molecule has 2 aliphatic carbocycles. The third kappa shape index (κ3) is 2.25. The Bertz CT molecular complexity index is 1270. The highest BCUT2D eigenvalue weighted by atomic mass is 19.2. The molecule has 2 aromatic carbocycles. The number of nitriles is 1. The first-order chi connectivity index (χ1) is 14.0. The van der Waals surface area contributed by atoms with Gasteiger partial charge in [-0.1, -0.05) is 30.3 Å². The van der Waals surface area contributed by atoms with E-state index in [0.717, 1.165) is 11.6 Å². The van der Waals surface area contributed by atoms with Crippen molar-refractivity contribution in [3.05, 3.63) is 100 Å². The Kier molecular flexibility index (Phi) is 3.70. The number of benzene rings is 2. The second-order valence-corrected chi connectivity index (χ2v) is 6.77. The lowest BCUT2D eigenvalue weighted by Gasteiger charge is -2.13. The molecule has 0 fully saturated rings. The Balaban J connectivity index is 1.93. The fourth-order valence-electron chi connectivity index (χ4n) is 4.22. The molecule has 3 nitrogen and oxygen atoms in total. The summed E-state index contributed by atoms with van der Waals surface area (Å²) in [6.07, 6.45) is 1.04. The normalized spacial score (nSPS) is 20.4. The molecule has 2 aliphatic rings. The molecule has 5 rings (SSSR count). The molecule has 1 atom stereocenters. The molecule has 0 aliphatic heterocycles. The largest absolute Gasteiger partial charge is 0.383 e. The van der Waals surface area contributed by atoms with Crippen LogP contribution in [0.25, 0.3) is 22.4 Å². The lowest BCUT2D eigenvalue weighted by atomic mass is 9.92. The highest BCUT2D eigenvalue weighted by Gasteiger charge is 2.41. The number of halogens is 3. The maximum absolute atomic E-state index is 14.6.